The van der Waals surface area contributed by atoms with E-state index in [1.54, 1.807) is 36.4 Å². The van der Waals surface area contributed by atoms with Crippen LogP contribution in [0.25, 0.3) is 0 Å². The summed E-state index contributed by atoms with van der Waals surface area (Å²) in [6.07, 6.45) is 0. The van der Waals surface area contributed by atoms with Crippen molar-refractivity contribution in [3.8, 4) is 0 Å². The Labute approximate surface area is 181 Å². The van der Waals surface area contributed by atoms with Gasteiger partial charge < -0.3 is 10.6 Å². The van der Waals surface area contributed by atoms with Gasteiger partial charge in [-0.25, -0.2) is 0 Å². The van der Waals surface area contributed by atoms with Crippen molar-refractivity contribution >= 4 is 34.8 Å². The van der Waals surface area contributed by atoms with Crippen LogP contribution >= 0.6 is 12.2 Å². The normalized spacial score (nSPS) is 11.3. The number of amides is 2. The Morgan fingerprint density at radius 1 is 0.867 bits per heavy atom. The van der Waals surface area contributed by atoms with Crippen LogP contribution in [0.5, 0.6) is 0 Å². The third kappa shape index (κ3) is 5.52. The highest BCUT2D eigenvalue weighted by Crippen LogP contribution is 2.15. The lowest BCUT2D eigenvalue weighted by Gasteiger charge is -2.15. The summed E-state index contributed by atoms with van der Waals surface area (Å²) >= 11 is 5.25. The van der Waals surface area contributed by atoms with Crippen molar-refractivity contribution in [1.29, 1.82) is 0 Å². The summed E-state index contributed by atoms with van der Waals surface area (Å²) in [5.74, 6) is -0.471. The Balaban J connectivity index is 1.62. The zero-order valence-corrected chi connectivity index (χ0v) is 17.6. The van der Waals surface area contributed by atoms with Crippen molar-refractivity contribution in [2.24, 2.45) is 0 Å². The van der Waals surface area contributed by atoms with E-state index in [1.807, 2.05) is 56.3 Å². The van der Waals surface area contributed by atoms with Gasteiger partial charge in [0.05, 0.1) is 6.04 Å². The second-order valence-electron chi connectivity index (χ2n) is 6.91. The monoisotopic (exact) mass is 417 g/mol. The summed E-state index contributed by atoms with van der Waals surface area (Å²) in [5.41, 5.74) is 3.56. The summed E-state index contributed by atoms with van der Waals surface area (Å²) in [7, 11) is 0. The maximum absolute atomic E-state index is 12.6. The highest BCUT2D eigenvalue weighted by atomic mass is 32.1. The molecule has 152 valence electrons. The largest absolute Gasteiger partial charge is 0.346 e. The van der Waals surface area contributed by atoms with E-state index < -0.39 is 0 Å². The lowest BCUT2D eigenvalue weighted by atomic mass is 10.1. The number of benzene rings is 3. The fourth-order valence-corrected chi connectivity index (χ4v) is 3.21. The Morgan fingerprint density at radius 3 is 2.30 bits per heavy atom. The quantitative estimate of drug-likeness (QED) is 0.530. The van der Waals surface area contributed by atoms with Gasteiger partial charge in [-0.2, -0.15) is 0 Å². The van der Waals surface area contributed by atoms with Gasteiger partial charge in [0, 0.05) is 16.8 Å². The molecule has 3 N–H and O–H groups in total. The van der Waals surface area contributed by atoms with Crippen LogP contribution in [0.4, 0.5) is 5.69 Å². The van der Waals surface area contributed by atoms with Gasteiger partial charge in [0.2, 0.25) is 0 Å². The molecule has 3 aromatic rings. The molecule has 0 aliphatic rings. The molecule has 3 rings (SSSR count). The lowest BCUT2D eigenvalue weighted by Crippen LogP contribution is -2.34. The second kappa shape index (κ2) is 9.80. The van der Waals surface area contributed by atoms with Crippen molar-refractivity contribution in [2.75, 3.05) is 5.32 Å². The number of thiocarbonyl (C=S) groups is 1. The van der Waals surface area contributed by atoms with E-state index in [0.717, 1.165) is 11.1 Å². The Kier molecular flexibility index (Phi) is 6.93. The number of rotatable bonds is 5. The SMILES string of the molecule is Cc1ccccc1C(=O)NC(=S)Nc1cccc(C(=O)NC(C)c2ccccc2)c1. The van der Waals surface area contributed by atoms with Gasteiger partial charge in [-0.3, -0.25) is 14.9 Å². The van der Waals surface area contributed by atoms with Crippen LogP contribution in [0.1, 0.15) is 44.8 Å². The maximum atomic E-state index is 12.6. The van der Waals surface area contributed by atoms with Gasteiger partial charge in [0.1, 0.15) is 0 Å². The first-order chi connectivity index (χ1) is 14.4. The van der Waals surface area contributed by atoms with E-state index in [9.17, 15) is 9.59 Å². The Morgan fingerprint density at radius 2 is 1.57 bits per heavy atom. The molecule has 0 spiro atoms. The molecule has 0 aliphatic heterocycles. The summed E-state index contributed by atoms with van der Waals surface area (Å²) in [5, 5.41) is 8.78. The zero-order chi connectivity index (χ0) is 21.5. The third-order valence-electron chi connectivity index (χ3n) is 4.65. The molecule has 3 aromatic carbocycles. The van der Waals surface area contributed by atoms with Crippen LogP contribution in [0.3, 0.4) is 0 Å². The van der Waals surface area contributed by atoms with Gasteiger partial charge in [0.25, 0.3) is 11.8 Å². The molecule has 0 saturated heterocycles. The number of hydrogen-bond acceptors (Lipinski definition) is 3. The Bertz CT molecular complexity index is 1070. The molecule has 1 atom stereocenters. The van der Waals surface area contributed by atoms with Crippen molar-refractivity contribution < 1.29 is 9.59 Å². The van der Waals surface area contributed by atoms with Crippen LogP contribution in [0.2, 0.25) is 0 Å². The number of nitrogens with one attached hydrogen (secondary N) is 3. The fraction of sp³-hybridized carbons (Fsp3) is 0.125. The highest BCUT2D eigenvalue weighted by molar-refractivity contribution is 7.80. The van der Waals surface area contributed by atoms with Gasteiger partial charge in [-0.15, -0.1) is 0 Å². The van der Waals surface area contributed by atoms with Crippen molar-refractivity contribution in [1.82, 2.24) is 10.6 Å². The number of carbonyl (C=O) groups is 2. The highest BCUT2D eigenvalue weighted by Gasteiger charge is 2.13. The predicted molar refractivity (Wildman–Crippen MR) is 124 cm³/mol. The minimum atomic E-state index is -0.281. The van der Waals surface area contributed by atoms with Crippen molar-refractivity contribution in [3.05, 3.63) is 101 Å². The summed E-state index contributed by atoms with van der Waals surface area (Å²) in [6.45, 7) is 3.80. The molecule has 1 unspecified atom stereocenters. The van der Waals surface area contributed by atoms with Crippen LogP contribution in [-0.2, 0) is 0 Å². The number of carbonyl (C=O) groups excluding carboxylic acids is 2. The van der Waals surface area contributed by atoms with E-state index in [1.165, 1.54) is 0 Å². The standard InChI is InChI=1S/C24H23N3O2S/c1-16-9-6-7-14-21(16)23(29)27-24(30)26-20-13-8-12-19(15-20)22(28)25-17(2)18-10-4-3-5-11-18/h3-15,17H,1-2H3,(H,25,28)(H2,26,27,29,30). The van der Waals surface area contributed by atoms with Crippen LogP contribution in [-0.4, -0.2) is 16.9 Å². The topological polar surface area (TPSA) is 70.2 Å². The molecule has 0 fully saturated rings. The molecular weight excluding hydrogens is 394 g/mol. The maximum Gasteiger partial charge on any atom is 0.257 e. The van der Waals surface area contributed by atoms with Crippen LogP contribution in [0.15, 0.2) is 78.9 Å². The van der Waals surface area contributed by atoms with Crippen LogP contribution < -0.4 is 16.0 Å². The lowest BCUT2D eigenvalue weighted by molar-refractivity contribution is 0.0938. The average molecular weight is 418 g/mol. The molecule has 2 amide bonds. The van der Waals surface area contributed by atoms with Gasteiger partial charge >= 0.3 is 0 Å². The van der Waals surface area contributed by atoms with E-state index in [2.05, 4.69) is 16.0 Å². The van der Waals surface area contributed by atoms with E-state index >= 15 is 0 Å². The minimum Gasteiger partial charge on any atom is -0.346 e. The molecule has 6 heteroatoms. The van der Waals surface area contributed by atoms with Gasteiger partial charge in [-0.1, -0.05) is 54.6 Å². The van der Waals surface area contributed by atoms with Gasteiger partial charge in [-0.05, 0) is 61.5 Å². The average Bonchev–Trinajstić information content (AvgIpc) is 2.74. The zero-order valence-electron chi connectivity index (χ0n) is 16.8. The molecule has 0 bridgehead atoms. The van der Waals surface area contributed by atoms with Crippen LogP contribution in [0, 0.1) is 6.92 Å². The molecule has 0 radical (unpaired) electrons. The second-order valence-corrected chi connectivity index (χ2v) is 7.32. The summed E-state index contributed by atoms with van der Waals surface area (Å²) in [4.78, 5) is 25.0. The summed E-state index contributed by atoms with van der Waals surface area (Å²) < 4.78 is 0. The first kappa shape index (κ1) is 21.2. The first-order valence-corrected chi connectivity index (χ1v) is 9.98. The third-order valence-corrected chi connectivity index (χ3v) is 4.85. The molecule has 5 nitrogen and oxygen atoms in total. The van der Waals surface area contributed by atoms with Gasteiger partial charge in [0.15, 0.2) is 5.11 Å². The fourth-order valence-electron chi connectivity index (χ4n) is 3.00. The Hall–Kier alpha value is -3.51. The molecule has 0 aromatic heterocycles. The molecule has 0 saturated carbocycles. The molecule has 0 aliphatic carbocycles. The molecular formula is C24H23N3O2S. The minimum absolute atomic E-state index is 0.121. The van der Waals surface area contributed by atoms with Crippen molar-refractivity contribution in [3.63, 3.8) is 0 Å². The van der Waals surface area contributed by atoms with E-state index in [0.29, 0.717) is 16.8 Å². The molecule has 0 heterocycles. The summed E-state index contributed by atoms with van der Waals surface area (Å²) in [6, 6.07) is 23.9. The smallest absolute Gasteiger partial charge is 0.257 e. The number of hydrogen-bond donors (Lipinski definition) is 3. The van der Waals surface area contributed by atoms with E-state index in [-0.39, 0.29) is 23.0 Å². The number of anilines is 1. The first-order valence-electron chi connectivity index (χ1n) is 9.58. The number of aryl methyl sites for hydroxylation is 1. The van der Waals surface area contributed by atoms with E-state index in [4.69, 9.17) is 12.2 Å². The predicted octanol–water partition coefficient (Wildman–Crippen LogP) is 4.61. The molecule has 30 heavy (non-hydrogen) atoms. The van der Waals surface area contributed by atoms with Crippen molar-refractivity contribution in [2.45, 2.75) is 19.9 Å².